The topological polar surface area (TPSA) is 82.3 Å². The molecule has 0 radical (unpaired) electrons. The zero-order chi connectivity index (χ0) is 17.1. The molecule has 2 aromatic rings. The van der Waals surface area contributed by atoms with Gasteiger partial charge in [0.1, 0.15) is 22.1 Å². The third-order valence-corrected chi connectivity index (χ3v) is 4.57. The van der Waals surface area contributed by atoms with Crippen molar-refractivity contribution in [2.24, 2.45) is 5.73 Å². The van der Waals surface area contributed by atoms with Crippen LogP contribution in [0.5, 0.6) is 0 Å². The van der Waals surface area contributed by atoms with E-state index < -0.39 is 0 Å². The minimum Gasteiger partial charge on any atom is -0.443 e. The van der Waals surface area contributed by atoms with Crippen molar-refractivity contribution in [3.63, 3.8) is 0 Å². The van der Waals surface area contributed by atoms with Crippen LogP contribution in [0.25, 0.3) is 11.1 Å². The van der Waals surface area contributed by atoms with Gasteiger partial charge in [0.25, 0.3) is 0 Å². The van der Waals surface area contributed by atoms with Crippen LogP contribution in [0.2, 0.25) is 0 Å². The van der Waals surface area contributed by atoms with Gasteiger partial charge in [-0.25, -0.2) is 4.98 Å². The summed E-state index contributed by atoms with van der Waals surface area (Å²) < 4.78 is 5.39. The maximum atomic E-state index is 9.25. The van der Waals surface area contributed by atoms with E-state index >= 15 is 0 Å². The van der Waals surface area contributed by atoms with E-state index in [1.807, 2.05) is 19.1 Å². The number of nitriles is 1. The van der Waals surface area contributed by atoms with E-state index in [1.165, 1.54) is 6.39 Å². The lowest BCUT2D eigenvalue weighted by atomic mass is 10.2. The molecule has 124 valence electrons. The molecule has 0 atom stereocenters. The van der Waals surface area contributed by atoms with Gasteiger partial charge in [-0.1, -0.05) is 12.2 Å². The number of allylic oxidation sites excluding steroid dienone is 1. The second kappa shape index (κ2) is 6.89. The molecule has 3 rings (SSSR count). The Morgan fingerprint density at radius 1 is 1.33 bits per heavy atom. The van der Waals surface area contributed by atoms with Crippen LogP contribution >= 0.6 is 12.2 Å². The second-order valence-electron chi connectivity index (χ2n) is 5.77. The van der Waals surface area contributed by atoms with E-state index in [4.69, 9.17) is 22.4 Å². The summed E-state index contributed by atoms with van der Waals surface area (Å²) in [5, 5.41) is 9.25. The summed E-state index contributed by atoms with van der Waals surface area (Å²) in [6.45, 7) is 5.40. The number of aromatic nitrogens is 1. The molecule has 7 heteroatoms. The number of nitrogens with zero attached hydrogens (tertiary/aromatic N) is 4. The minimum atomic E-state index is 0.159. The Morgan fingerprint density at radius 2 is 2.17 bits per heavy atom. The first kappa shape index (κ1) is 16.3. The first-order valence-electron chi connectivity index (χ1n) is 7.84. The zero-order valence-electron chi connectivity index (χ0n) is 13.5. The summed E-state index contributed by atoms with van der Waals surface area (Å²) in [4.78, 5) is 8.82. The predicted octanol–water partition coefficient (Wildman–Crippen LogP) is 2.42. The SMILES string of the molecule is C/C(=C(\C#N)C(N)=S)N1CCCN(c2ccc3ncoc3c2)CC1. The Hall–Kier alpha value is -2.59. The molecule has 0 unspecified atom stereocenters. The maximum absolute atomic E-state index is 9.25. The third kappa shape index (κ3) is 3.19. The van der Waals surface area contributed by atoms with Gasteiger partial charge in [0.05, 0.1) is 0 Å². The van der Waals surface area contributed by atoms with E-state index in [9.17, 15) is 5.26 Å². The highest BCUT2D eigenvalue weighted by Crippen LogP contribution is 2.23. The van der Waals surface area contributed by atoms with E-state index in [0.29, 0.717) is 5.57 Å². The molecule has 1 aliphatic rings. The van der Waals surface area contributed by atoms with Crippen LogP contribution in [-0.2, 0) is 0 Å². The summed E-state index contributed by atoms with van der Waals surface area (Å²) >= 11 is 4.98. The quantitative estimate of drug-likeness (QED) is 0.521. The number of hydrogen-bond acceptors (Lipinski definition) is 6. The lowest BCUT2D eigenvalue weighted by Crippen LogP contribution is -2.31. The number of benzene rings is 1. The summed E-state index contributed by atoms with van der Waals surface area (Å²) in [6.07, 6.45) is 2.45. The first-order valence-corrected chi connectivity index (χ1v) is 8.25. The standard InChI is InChI=1S/C17H19N5OS/c1-12(14(10-18)17(19)24)21-5-2-6-22(8-7-21)13-3-4-15-16(9-13)23-11-20-15/h3-4,9,11H,2,5-8H2,1H3,(H2,19,24)/b14-12-. The molecule has 24 heavy (non-hydrogen) atoms. The van der Waals surface area contributed by atoms with Crippen LogP contribution in [0.4, 0.5) is 5.69 Å². The predicted molar refractivity (Wildman–Crippen MR) is 97.5 cm³/mol. The van der Waals surface area contributed by atoms with Crippen molar-refractivity contribution >= 4 is 34.0 Å². The van der Waals surface area contributed by atoms with Crippen LogP contribution in [0, 0.1) is 11.3 Å². The zero-order valence-corrected chi connectivity index (χ0v) is 14.3. The average molecular weight is 341 g/mol. The van der Waals surface area contributed by atoms with Gasteiger partial charge < -0.3 is 20.0 Å². The fourth-order valence-electron chi connectivity index (χ4n) is 3.02. The molecule has 0 bridgehead atoms. The van der Waals surface area contributed by atoms with E-state index in [2.05, 4.69) is 26.9 Å². The number of nitrogens with two attached hydrogens (primary N) is 1. The van der Waals surface area contributed by atoms with Gasteiger partial charge in [-0.15, -0.1) is 0 Å². The molecule has 0 aliphatic carbocycles. The van der Waals surface area contributed by atoms with Crippen molar-refractivity contribution in [2.45, 2.75) is 13.3 Å². The summed E-state index contributed by atoms with van der Waals surface area (Å²) in [7, 11) is 0. The van der Waals surface area contributed by atoms with Gasteiger partial charge in [0, 0.05) is 43.6 Å². The van der Waals surface area contributed by atoms with Gasteiger partial charge in [-0.3, -0.25) is 0 Å². The Morgan fingerprint density at radius 3 is 2.92 bits per heavy atom. The monoisotopic (exact) mass is 341 g/mol. The van der Waals surface area contributed by atoms with E-state index in [-0.39, 0.29) is 4.99 Å². The number of fused-ring (bicyclic) bond motifs is 1. The minimum absolute atomic E-state index is 0.159. The van der Waals surface area contributed by atoms with Gasteiger partial charge in [-0.05, 0) is 25.5 Å². The summed E-state index contributed by atoms with van der Waals surface area (Å²) in [5.74, 6) is 0. The lowest BCUT2D eigenvalue weighted by Gasteiger charge is -2.25. The maximum Gasteiger partial charge on any atom is 0.181 e. The molecule has 1 aliphatic heterocycles. The van der Waals surface area contributed by atoms with Crippen LogP contribution in [0.3, 0.4) is 0 Å². The van der Waals surface area contributed by atoms with Crippen molar-refractivity contribution in [2.75, 3.05) is 31.1 Å². The summed E-state index contributed by atoms with van der Waals surface area (Å²) in [5.41, 5.74) is 9.70. The van der Waals surface area contributed by atoms with Crippen molar-refractivity contribution in [3.8, 4) is 6.07 Å². The fourth-order valence-corrected chi connectivity index (χ4v) is 3.22. The van der Waals surface area contributed by atoms with Crippen molar-refractivity contribution in [3.05, 3.63) is 35.9 Å². The second-order valence-corrected chi connectivity index (χ2v) is 6.21. The Bertz CT molecular complexity index is 835. The molecule has 1 saturated heterocycles. The molecule has 0 spiro atoms. The Labute approximate surface area is 146 Å². The highest BCUT2D eigenvalue weighted by Gasteiger charge is 2.18. The van der Waals surface area contributed by atoms with Crippen LogP contribution in [0.1, 0.15) is 13.3 Å². The van der Waals surface area contributed by atoms with E-state index in [0.717, 1.165) is 55.1 Å². The molecule has 0 amide bonds. The molecule has 2 heterocycles. The van der Waals surface area contributed by atoms with Crippen LogP contribution < -0.4 is 10.6 Å². The number of hydrogen-bond donors (Lipinski definition) is 1. The highest BCUT2D eigenvalue weighted by molar-refractivity contribution is 7.80. The fraction of sp³-hybridized carbons (Fsp3) is 0.353. The van der Waals surface area contributed by atoms with Crippen LogP contribution in [0.15, 0.2) is 40.3 Å². The molecular weight excluding hydrogens is 322 g/mol. The number of anilines is 1. The van der Waals surface area contributed by atoms with Crippen LogP contribution in [-0.4, -0.2) is 41.1 Å². The molecular formula is C17H19N5OS. The van der Waals surface area contributed by atoms with E-state index in [1.54, 1.807) is 0 Å². The van der Waals surface area contributed by atoms with Gasteiger partial charge in [0.15, 0.2) is 12.0 Å². The first-order chi connectivity index (χ1) is 11.6. The molecule has 6 nitrogen and oxygen atoms in total. The van der Waals surface area contributed by atoms with Crippen molar-refractivity contribution in [1.29, 1.82) is 5.26 Å². The molecule has 0 saturated carbocycles. The third-order valence-electron chi connectivity index (χ3n) is 4.37. The Kier molecular flexibility index (Phi) is 4.67. The molecule has 1 aromatic heterocycles. The molecule has 2 N–H and O–H groups in total. The lowest BCUT2D eigenvalue weighted by molar-refractivity contribution is 0.369. The molecule has 1 fully saturated rings. The number of thiocarbonyl (C=S) groups is 1. The average Bonchev–Trinajstić information content (AvgIpc) is 2.89. The normalized spacial score (nSPS) is 16.5. The van der Waals surface area contributed by atoms with Gasteiger partial charge >= 0.3 is 0 Å². The number of rotatable bonds is 3. The smallest absolute Gasteiger partial charge is 0.181 e. The molecule has 1 aromatic carbocycles. The van der Waals surface area contributed by atoms with Crippen molar-refractivity contribution < 1.29 is 4.42 Å². The van der Waals surface area contributed by atoms with Crippen molar-refractivity contribution in [1.82, 2.24) is 9.88 Å². The number of oxazole rings is 1. The van der Waals surface area contributed by atoms with Gasteiger partial charge in [-0.2, -0.15) is 5.26 Å². The van der Waals surface area contributed by atoms with Gasteiger partial charge in [0.2, 0.25) is 0 Å². The Balaban J connectivity index is 1.77. The largest absolute Gasteiger partial charge is 0.443 e. The highest BCUT2D eigenvalue weighted by atomic mass is 32.1. The summed E-state index contributed by atoms with van der Waals surface area (Å²) in [6, 6.07) is 8.19.